The molecular formula is C32H45NO7. The van der Waals surface area contributed by atoms with Gasteiger partial charge in [0.1, 0.15) is 11.4 Å². The van der Waals surface area contributed by atoms with Crippen molar-refractivity contribution in [3.63, 3.8) is 0 Å². The Kier molecular flexibility index (Phi) is 7.81. The molecule has 220 valence electrons. The molecule has 9 unspecified atom stereocenters. The minimum atomic E-state index is -0.830. The molecule has 40 heavy (non-hydrogen) atoms. The number of benzene rings is 1. The highest BCUT2D eigenvalue weighted by Gasteiger charge is 2.61. The number of carbonyl (C=O) groups excluding carboxylic acids is 3. The summed E-state index contributed by atoms with van der Waals surface area (Å²) < 4.78 is 23.4. The second kappa shape index (κ2) is 10.8. The molecule has 4 aliphatic rings. The van der Waals surface area contributed by atoms with Gasteiger partial charge >= 0.3 is 12.1 Å². The number of Topliss-reactive ketones (excluding diaryl/α,β-unsaturated/α-hetero) is 1. The van der Waals surface area contributed by atoms with Crippen LogP contribution < -0.4 is 10.1 Å². The zero-order valence-corrected chi connectivity index (χ0v) is 25.0. The SMILES string of the molecule is CC(=O)C(CC(C)C(=O)Oc1ccc2c(c1)CCC1C2CCC2(C)C1CC1OC(C)OC12)NC(=O)OC(C)(C)C. The maximum Gasteiger partial charge on any atom is 0.408 e. The molecule has 1 amide bonds. The number of aryl methyl sites for hydroxylation is 1. The first-order chi connectivity index (χ1) is 18.7. The van der Waals surface area contributed by atoms with Gasteiger partial charge in [0, 0.05) is 0 Å². The van der Waals surface area contributed by atoms with E-state index in [4.69, 9.17) is 18.9 Å². The lowest BCUT2D eigenvalue weighted by Crippen LogP contribution is -2.45. The molecule has 0 spiro atoms. The van der Waals surface area contributed by atoms with Crippen LogP contribution in [0.5, 0.6) is 5.75 Å². The van der Waals surface area contributed by atoms with Crippen molar-refractivity contribution in [1.82, 2.24) is 5.32 Å². The van der Waals surface area contributed by atoms with Crippen LogP contribution in [0.2, 0.25) is 0 Å². The van der Waals surface area contributed by atoms with Crippen molar-refractivity contribution >= 4 is 17.8 Å². The number of hydrogen-bond donors (Lipinski definition) is 1. The highest BCUT2D eigenvalue weighted by atomic mass is 16.7. The number of alkyl carbamates (subject to hydrolysis) is 1. The van der Waals surface area contributed by atoms with Crippen molar-refractivity contribution in [2.24, 2.45) is 23.2 Å². The molecule has 1 N–H and O–H groups in total. The largest absolute Gasteiger partial charge is 0.444 e. The van der Waals surface area contributed by atoms with Crippen LogP contribution in [0.3, 0.4) is 0 Å². The quantitative estimate of drug-likeness (QED) is 0.355. The first-order valence-corrected chi connectivity index (χ1v) is 14.9. The minimum absolute atomic E-state index is 0.101. The van der Waals surface area contributed by atoms with Crippen LogP contribution >= 0.6 is 0 Å². The van der Waals surface area contributed by atoms with E-state index in [1.807, 2.05) is 19.1 Å². The van der Waals surface area contributed by atoms with Crippen molar-refractivity contribution in [1.29, 1.82) is 0 Å². The standard InChI is InChI=1S/C32H45NO7/c1-17(14-26(18(2)34)33-30(36)40-31(4,5)6)29(35)39-21-9-11-22-20(15-21)8-10-24-23(22)12-13-32(7)25(24)16-27-28(32)38-19(3)37-27/h9,11,15,17,19,23-28H,8,10,12-14,16H2,1-7H3,(H,33,36). The maximum atomic E-state index is 13.0. The van der Waals surface area contributed by atoms with Crippen molar-refractivity contribution < 1.29 is 33.3 Å². The van der Waals surface area contributed by atoms with Crippen molar-refractivity contribution in [3.8, 4) is 5.75 Å². The Labute approximate surface area is 237 Å². The number of hydrogen-bond acceptors (Lipinski definition) is 7. The van der Waals surface area contributed by atoms with E-state index >= 15 is 0 Å². The molecule has 5 rings (SSSR count). The average molecular weight is 556 g/mol. The third-order valence-electron chi connectivity index (χ3n) is 9.71. The fourth-order valence-electron chi connectivity index (χ4n) is 7.86. The number of carbonyl (C=O) groups is 3. The molecule has 1 aromatic rings. The van der Waals surface area contributed by atoms with Gasteiger partial charge in [0.25, 0.3) is 0 Å². The number of amides is 1. The lowest BCUT2D eigenvalue weighted by molar-refractivity contribution is -0.139. The van der Waals surface area contributed by atoms with Crippen molar-refractivity contribution in [2.45, 2.75) is 123 Å². The summed E-state index contributed by atoms with van der Waals surface area (Å²) in [4.78, 5) is 37.3. The van der Waals surface area contributed by atoms with Gasteiger partial charge in [-0.2, -0.15) is 0 Å². The molecule has 0 bridgehead atoms. The predicted octanol–water partition coefficient (Wildman–Crippen LogP) is 5.70. The van der Waals surface area contributed by atoms with Gasteiger partial charge in [-0.15, -0.1) is 0 Å². The van der Waals surface area contributed by atoms with Crippen molar-refractivity contribution in [2.75, 3.05) is 0 Å². The normalized spacial score (nSPS) is 34.0. The van der Waals surface area contributed by atoms with Gasteiger partial charge in [0.2, 0.25) is 0 Å². The first kappa shape index (κ1) is 29.1. The number of esters is 1. The summed E-state index contributed by atoms with van der Waals surface area (Å²) in [5.74, 6) is 1.01. The molecule has 9 atom stereocenters. The van der Waals surface area contributed by atoms with Crippen LogP contribution in [-0.2, 0) is 30.2 Å². The number of fused-ring (bicyclic) bond motifs is 7. The van der Waals surface area contributed by atoms with Gasteiger partial charge in [-0.1, -0.05) is 19.9 Å². The summed E-state index contributed by atoms with van der Waals surface area (Å²) in [6.45, 7) is 12.8. The van der Waals surface area contributed by atoms with E-state index in [2.05, 4.69) is 18.3 Å². The second-order valence-corrected chi connectivity index (χ2v) is 13.7. The van der Waals surface area contributed by atoms with E-state index in [0.717, 1.165) is 32.1 Å². The smallest absolute Gasteiger partial charge is 0.408 e. The third kappa shape index (κ3) is 5.67. The van der Waals surface area contributed by atoms with Crippen LogP contribution in [0.15, 0.2) is 18.2 Å². The zero-order valence-electron chi connectivity index (χ0n) is 25.0. The summed E-state index contributed by atoms with van der Waals surface area (Å²) in [6, 6.07) is 5.24. The third-order valence-corrected chi connectivity index (χ3v) is 9.71. The lowest BCUT2D eigenvalue weighted by Gasteiger charge is -2.50. The number of nitrogens with one attached hydrogen (secondary N) is 1. The summed E-state index contributed by atoms with van der Waals surface area (Å²) in [5, 5.41) is 2.59. The summed E-state index contributed by atoms with van der Waals surface area (Å²) >= 11 is 0. The maximum absolute atomic E-state index is 13.0. The van der Waals surface area contributed by atoms with Gasteiger partial charge in [-0.05, 0) is 120 Å². The second-order valence-electron chi connectivity index (χ2n) is 13.7. The molecule has 3 fully saturated rings. The van der Waals surface area contributed by atoms with Crippen molar-refractivity contribution in [3.05, 3.63) is 29.3 Å². The minimum Gasteiger partial charge on any atom is -0.444 e. The van der Waals surface area contributed by atoms with E-state index in [1.165, 1.54) is 18.1 Å². The Hall–Kier alpha value is -2.45. The molecule has 8 nitrogen and oxygen atoms in total. The highest BCUT2D eigenvalue weighted by Crippen LogP contribution is 2.63. The first-order valence-electron chi connectivity index (χ1n) is 14.9. The zero-order chi connectivity index (χ0) is 29.0. The number of rotatable bonds is 6. The highest BCUT2D eigenvalue weighted by molar-refractivity contribution is 5.86. The predicted molar refractivity (Wildman–Crippen MR) is 149 cm³/mol. The summed E-state index contributed by atoms with van der Waals surface area (Å²) in [6.07, 6.45) is 5.22. The van der Waals surface area contributed by atoms with Crippen LogP contribution in [0.4, 0.5) is 4.79 Å². The van der Waals surface area contributed by atoms with Crippen LogP contribution in [-0.4, -0.2) is 48.0 Å². The lowest BCUT2D eigenvalue weighted by atomic mass is 9.55. The number of ether oxygens (including phenoxy) is 4. The molecular weight excluding hydrogens is 510 g/mol. The fraction of sp³-hybridized carbons (Fsp3) is 0.719. The summed E-state index contributed by atoms with van der Waals surface area (Å²) in [5.41, 5.74) is 2.14. The van der Waals surface area contributed by atoms with E-state index in [-0.39, 0.29) is 36.1 Å². The topological polar surface area (TPSA) is 100 Å². The van der Waals surface area contributed by atoms with E-state index < -0.39 is 29.6 Å². The molecule has 1 saturated heterocycles. The molecule has 3 aliphatic carbocycles. The molecule has 1 heterocycles. The van der Waals surface area contributed by atoms with Gasteiger partial charge in [-0.25, -0.2) is 4.79 Å². The van der Waals surface area contributed by atoms with E-state index in [9.17, 15) is 14.4 Å². The molecule has 0 aromatic heterocycles. The average Bonchev–Trinajstić information content (AvgIpc) is 3.36. The van der Waals surface area contributed by atoms with E-state index in [0.29, 0.717) is 23.5 Å². The number of ketones is 1. The van der Waals surface area contributed by atoms with Gasteiger partial charge in [0.15, 0.2) is 12.1 Å². The van der Waals surface area contributed by atoms with Crippen LogP contribution in [0.1, 0.15) is 97.6 Å². The Morgan fingerprint density at radius 3 is 2.62 bits per heavy atom. The molecule has 0 radical (unpaired) electrons. The molecule has 8 heteroatoms. The summed E-state index contributed by atoms with van der Waals surface area (Å²) in [7, 11) is 0. The van der Waals surface area contributed by atoms with E-state index in [1.54, 1.807) is 27.7 Å². The van der Waals surface area contributed by atoms with Gasteiger partial charge in [-0.3, -0.25) is 9.59 Å². The Morgan fingerprint density at radius 2 is 1.93 bits per heavy atom. The molecule has 1 aromatic carbocycles. The van der Waals surface area contributed by atoms with Gasteiger partial charge in [0.05, 0.1) is 24.2 Å². The van der Waals surface area contributed by atoms with Crippen LogP contribution in [0, 0.1) is 23.2 Å². The van der Waals surface area contributed by atoms with Crippen LogP contribution in [0.25, 0.3) is 0 Å². The Bertz CT molecular complexity index is 1160. The monoisotopic (exact) mass is 555 g/mol. The fourth-order valence-corrected chi connectivity index (χ4v) is 7.86. The molecule has 2 saturated carbocycles. The molecule has 1 aliphatic heterocycles. The Balaban J connectivity index is 1.21. The Morgan fingerprint density at radius 1 is 1.18 bits per heavy atom. The van der Waals surface area contributed by atoms with Gasteiger partial charge < -0.3 is 24.3 Å².